The Bertz CT molecular complexity index is 882. The van der Waals surface area contributed by atoms with E-state index in [9.17, 15) is 4.79 Å². The van der Waals surface area contributed by atoms with Crippen LogP contribution in [0.2, 0.25) is 0 Å². The van der Waals surface area contributed by atoms with Gasteiger partial charge in [-0.15, -0.1) is 11.8 Å². The molecule has 1 aliphatic carbocycles. The number of hydrogen-bond donors (Lipinski definition) is 1. The van der Waals surface area contributed by atoms with Gasteiger partial charge < -0.3 is 9.73 Å². The van der Waals surface area contributed by atoms with Gasteiger partial charge in [0, 0.05) is 22.8 Å². The molecule has 2 heterocycles. The molecule has 26 heavy (non-hydrogen) atoms. The molecule has 1 aromatic heterocycles. The van der Waals surface area contributed by atoms with Gasteiger partial charge in [0.25, 0.3) is 5.91 Å². The van der Waals surface area contributed by atoms with E-state index in [0.29, 0.717) is 11.0 Å². The monoisotopic (exact) mass is 368 g/mol. The van der Waals surface area contributed by atoms with Crippen LogP contribution in [0.3, 0.4) is 0 Å². The Morgan fingerprint density at radius 3 is 2.73 bits per heavy atom. The molecule has 0 radical (unpaired) electrons. The Morgan fingerprint density at radius 2 is 2.00 bits per heavy atom. The van der Waals surface area contributed by atoms with Crippen molar-refractivity contribution in [2.75, 3.05) is 0 Å². The quantitative estimate of drug-likeness (QED) is 0.837. The molecule has 1 amide bonds. The fraction of sp³-hybridized carbons (Fsp3) is 0.429. The van der Waals surface area contributed by atoms with Crippen molar-refractivity contribution in [3.63, 3.8) is 0 Å². The Balaban J connectivity index is 1.58. The summed E-state index contributed by atoms with van der Waals surface area (Å²) in [5.41, 5.74) is 4.38. The van der Waals surface area contributed by atoms with Gasteiger partial charge in [0.1, 0.15) is 5.76 Å². The number of amides is 1. The molecular weight excluding hydrogens is 344 g/mol. The number of hydrogen-bond acceptors (Lipinski definition) is 4. The van der Waals surface area contributed by atoms with E-state index in [1.165, 1.54) is 5.56 Å². The first-order valence-electron chi connectivity index (χ1n) is 9.14. The van der Waals surface area contributed by atoms with Crippen LogP contribution in [0.5, 0.6) is 0 Å². The zero-order valence-electron chi connectivity index (χ0n) is 15.6. The summed E-state index contributed by atoms with van der Waals surface area (Å²) in [6.07, 6.45) is 1.94. The van der Waals surface area contributed by atoms with Crippen molar-refractivity contribution >= 4 is 22.7 Å². The Labute approximate surface area is 158 Å². The molecule has 0 saturated heterocycles. The van der Waals surface area contributed by atoms with Crippen LogP contribution in [0, 0.1) is 13.8 Å². The average Bonchev–Trinajstić information content (AvgIpc) is 3.14. The number of aliphatic imine (C=N–C) groups is 1. The van der Waals surface area contributed by atoms with Gasteiger partial charge in [0.15, 0.2) is 5.76 Å². The molecule has 3 unspecified atom stereocenters. The van der Waals surface area contributed by atoms with Crippen molar-refractivity contribution in [3.05, 3.63) is 58.0 Å². The lowest BCUT2D eigenvalue weighted by Crippen LogP contribution is -2.27. The summed E-state index contributed by atoms with van der Waals surface area (Å²) in [6.45, 7) is 8.11. The van der Waals surface area contributed by atoms with Gasteiger partial charge in [-0.25, -0.2) is 0 Å². The van der Waals surface area contributed by atoms with Gasteiger partial charge >= 0.3 is 0 Å². The van der Waals surface area contributed by atoms with Crippen LogP contribution in [0.25, 0.3) is 0 Å². The largest absolute Gasteiger partial charge is 0.455 e. The number of nitrogens with one attached hydrogen (secondary N) is 1. The van der Waals surface area contributed by atoms with Crippen LogP contribution < -0.4 is 5.32 Å². The third-order valence-electron chi connectivity index (χ3n) is 5.35. The first-order valence-corrected chi connectivity index (χ1v) is 10.0. The molecule has 0 bridgehead atoms. The van der Waals surface area contributed by atoms with Crippen molar-refractivity contribution in [2.24, 2.45) is 4.99 Å². The highest BCUT2D eigenvalue weighted by atomic mass is 32.2. The maximum absolute atomic E-state index is 12.8. The molecule has 136 valence electrons. The minimum Gasteiger partial charge on any atom is -0.455 e. The number of carbonyl (C=O) groups is 1. The van der Waals surface area contributed by atoms with Crippen LogP contribution in [-0.4, -0.2) is 16.2 Å². The van der Waals surface area contributed by atoms with E-state index in [1.807, 2.05) is 25.6 Å². The second-order valence-corrected chi connectivity index (χ2v) is 8.72. The highest BCUT2D eigenvalue weighted by Gasteiger charge is 2.39. The lowest BCUT2D eigenvalue weighted by Gasteiger charge is -2.22. The lowest BCUT2D eigenvalue weighted by atomic mass is 9.90. The van der Waals surface area contributed by atoms with Crippen molar-refractivity contribution in [3.8, 4) is 0 Å². The molecule has 4 nitrogen and oxygen atoms in total. The number of rotatable bonds is 3. The SMILES string of the molecule is CC1=NC2c3c(oc(C(=O)NC(C)c4ccc(C)cc4)c3C)CCC2S1. The highest BCUT2D eigenvalue weighted by Crippen LogP contribution is 2.47. The van der Waals surface area contributed by atoms with Gasteiger partial charge in [-0.2, -0.15) is 0 Å². The summed E-state index contributed by atoms with van der Waals surface area (Å²) in [5.74, 6) is 1.24. The van der Waals surface area contributed by atoms with E-state index in [0.717, 1.165) is 40.3 Å². The van der Waals surface area contributed by atoms with E-state index in [2.05, 4.69) is 43.4 Å². The minimum absolute atomic E-state index is 0.0697. The molecule has 4 rings (SSSR count). The predicted octanol–water partition coefficient (Wildman–Crippen LogP) is 4.91. The molecule has 1 aliphatic heterocycles. The smallest absolute Gasteiger partial charge is 0.287 e. The number of carbonyl (C=O) groups excluding carboxylic acids is 1. The number of aryl methyl sites for hydroxylation is 2. The zero-order chi connectivity index (χ0) is 18.4. The number of benzene rings is 1. The van der Waals surface area contributed by atoms with Crippen LogP contribution in [0.15, 0.2) is 33.7 Å². The second kappa shape index (κ2) is 6.62. The molecule has 0 fully saturated rings. The van der Waals surface area contributed by atoms with E-state index in [4.69, 9.17) is 9.41 Å². The van der Waals surface area contributed by atoms with Gasteiger partial charge in [0.2, 0.25) is 0 Å². The van der Waals surface area contributed by atoms with Crippen LogP contribution in [-0.2, 0) is 6.42 Å². The number of nitrogens with zero attached hydrogens (tertiary/aromatic N) is 1. The highest BCUT2D eigenvalue weighted by molar-refractivity contribution is 8.14. The number of furan rings is 1. The molecule has 2 aliphatic rings. The van der Waals surface area contributed by atoms with Crippen molar-refractivity contribution < 1.29 is 9.21 Å². The van der Waals surface area contributed by atoms with Crippen molar-refractivity contribution in [1.29, 1.82) is 0 Å². The predicted molar refractivity (Wildman–Crippen MR) is 106 cm³/mol. The van der Waals surface area contributed by atoms with Crippen LogP contribution >= 0.6 is 11.8 Å². The molecule has 1 aromatic carbocycles. The summed E-state index contributed by atoms with van der Waals surface area (Å²) in [7, 11) is 0. The number of thioether (sulfide) groups is 1. The molecular formula is C21H24N2O2S. The van der Waals surface area contributed by atoms with Gasteiger partial charge in [-0.1, -0.05) is 29.8 Å². The van der Waals surface area contributed by atoms with E-state index in [-0.39, 0.29) is 18.0 Å². The number of fused-ring (bicyclic) bond motifs is 3. The van der Waals surface area contributed by atoms with Gasteiger partial charge in [-0.05, 0) is 39.7 Å². The summed E-state index contributed by atoms with van der Waals surface area (Å²) < 4.78 is 6.01. The van der Waals surface area contributed by atoms with E-state index in [1.54, 1.807) is 0 Å². The van der Waals surface area contributed by atoms with Crippen molar-refractivity contribution in [1.82, 2.24) is 5.32 Å². The van der Waals surface area contributed by atoms with E-state index >= 15 is 0 Å². The molecule has 0 saturated carbocycles. The summed E-state index contributed by atoms with van der Waals surface area (Å²) >= 11 is 1.86. The van der Waals surface area contributed by atoms with Crippen LogP contribution in [0.4, 0.5) is 0 Å². The van der Waals surface area contributed by atoms with Gasteiger partial charge in [0.05, 0.1) is 17.1 Å². The fourth-order valence-electron chi connectivity index (χ4n) is 3.91. The summed E-state index contributed by atoms with van der Waals surface area (Å²) in [6, 6.07) is 8.31. The topological polar surface area (TPSA) is 54.6 Å². The Morgan fingerprint density at radius 1 is 1.27 bits per heavy atom. The minimum atomic E-state index is -0.145. The summed E-state index contributed by atoms with van der Waals surface area (Å²) in [5, 5.41) is 4.70. The molecule has 0 spiro atoms. The van der Waals surface area contributed by atoms with Crippen molar-refractivity contribution in [2.45, 2.75) is 57.9 Å². The summed E-state index contributed by atoms with van der Waals surface area (Å²) in [4.78, 5) is 17.6. The Kier molecular flexibility index (Phi) is 4.43. The molecule has 5 heteroatoms. The van der Waals surface area contributed by atoms with E-state index < -0.39 is 0 Å². The second-order valence-electron chi connectivity index (χ2n) is 7.29. The zero-order valence-corrected chi connectivity index (χ0v) is 16.4. The van der Waals surface area contributed by atoms with Crippen LogP contribution in [0.1, 0.15) is 70.9 Å². The first kappa shape index (κ1) is 17.4. The maximum Gasteiger partial charge on any atom is 0.287 e. The molecule has 3 atom stereocenters. The lowest BCUT2D eigenvalue weighted by molar-refractivity contribution is 0.0909. The average molecular weight is 369 g/mol. The first-order chi connectivity index (χ1) is 12.4. The molecule has 2 aromatic rings. The fourth-order valence-corrected chi connectivity index (χ4v) is 5.08. The molecule has 1 N–H and O–H groups in total. The standard InChI is InChI=1S/C21H24N2O2S/c1-11-5-7-15(8-6-11)13(3)22-21(24)20-12(2)18-16(25-20)9-10-17-19(18)23-14(4)26-17/h5-8,13,17,19H,9-10H2,1-4H3,(H,22,24). The third kappa shape index (κ3) is 2.98. The maximum atomic E-state index is 12.8. The third-order valence-corrected chi connectivity index (χ3v) is 6.59. The van der Waals surface area contributed by atoms with Gasteiger partial charge in [-0.3, -0.25) is 9.79 Å². The normalized spacial score (nSPS) is 22.4. The Hall–Kier alpha value is -2.01.